The number of aliphatic hydroxyl groups is 1. The van der Waals surface area contributed by atoms with E-state index in [0.29, 0.717) is 41.3 Å². The van der Waals surface area contributed by atoms with Gasteiger partial charge in [-0.2, -0.15) is 9.61 Å². The van der Waals surface area contributed by atoms with Crippen molar-refractivity contribution in [3.63, 3.8) is 0 Å². The van der Waals surface area contributed by atoms with Gasteiger partial charge >= 0.3 is 0 Å². The van der Waals surface area contributed by atoms with Crippen LogP contribution in [0.3, 0.4) is 0 Å². The first-order valence-electron chi connectivity index (χ1n) is 13.3. The molecule has 0 radical (unpaired) electrons. The van der Waals surface area contributed by atoms with Gasteiger partial charge in [0.1, 0.15) is 11.5 Å². The third-order valence-corrected chi connectivity index (χ3v) is 8.21. The maximum Gasteiger partial charge on any atom is 0.231 e. The third kappa shape index (κ3) is 4.08. The Hall–Kier alpha value is -4.12. The number of hydrogen-bond acceptors (Lipinski definition) is 8. The lowest BCUT2D eigenvalue weighted by Gasteiger charge is -2.42. The topological polar surface area (TPSA) is 155 Å². The fourth-order valence-corrected chi connectivity index (χ4v) is 6.14. The molecular formula is C28H32N8O3. The zero-order valence-corrected chi connectivity index (χ0v) is 22.3. The van der Waals surface area contributed by atoms with Crippen LogP contribution in [0.25, 0.3) is 28.3 Å². The molecule has 6 rings (SSSR count). The number of imidazole rings is 1. The number of aliphatic hydroxyl groups excluding tert-OH is 1. The third-order valence-electron chi connectivity index (χ3n) is 8.21. The Morgan fingerprint density at radius 1 is 1.15 bits per heavy atom. The highest BCUT2D eigenvalue weighted by atomic mass is 16.3. The minimum atomic E-state index is -0.827. The van der Waals surface area contributed by atoms with Gasteiger partial charge in [0.25, 0.3) is 0 Å². The molecule has 0 aromatic carbocycles. The maximum atomic E-state index is 13.3. The van der Waals surface area contributed by atoms with E-state index < -0.39 is 5.41 Å². The number of rotatable bonds is 6. The smallest absolute Gasteiger partial charge is 0.231 e. The van der Waals surface area contributed by atoms with Crippen LogP contribution in [-0.4, -0.2) is 69.9 Å². The average Bonchev–Trinajstić information content (AvgIpc) is 3.66. The van der Waals surface area contributed by atoms with Crippen LogP contribution in [0.5, 0.6) is 0 Å². The molecule has 0 saturated carbocycles. The zero-order chi connectivity index (χ0) is 27.5. The summed E-state index contributed by atoms with van der Waals surface area (Å²) < 4.78 is 1.52. The summed E-state index contributed by atoms with van der Waals surface area (Å²) in [4.78, 5) is 45.0. The number of Topliss-reactive ketones (excluding diaryl/α,β-unsaturated/α-hetero) is 1. The lowest BCUT2D eigenvalue weighted by Crippen LogP contribution is -2.52. The molecule has 6 heterocycles. The number of amides is 1. The number of nitrogen functional groups attached to an aromatic ring is 1. The molecule has 11 nitrogen and oxygen atoms in total. The summed E-state index contributed by atoms with van der Waals surface area (Å²) in [5.74, 6) is 0.734. The molecule has 2 aliphatic rings. The monoisotopic (exact) mass is 528 g/mol. The molecule has 0 unspecified atom stereocenters. The predicted molar refractivity (Wildman–Crippen MR) is 145 cm³/mol. The highest BCUT2D eigenvalue weighted by molar-refractivity contribution is 6.00. The fraction of sp³-hybridized carbons (Fsp3) is 0.429. The van der Waals surface area contributed by atoms with Crippen molar-refractivity contribution in [1.29, 1.82) is 0 Å². The zero-order valence-electron chi connectivity index (χ0n) is 22.3. The van der Waals surface area contributed by atoms with E-state index in [1.165, 1.54) is 11.4 Å². The normalized spacial score (nSPS) is 21.0. The molecule has 4 aromatic heterocycles. The summed E-state index contributed by atoms with van der Waals surface area (Å²) in [6, 6.07) is 3.89. The molecule has 2 saturated heterocycles. The summed E-state index contributed by atoms with van der Waals surface area (Å²) in [7, 11) is 0. The van der Waals surface area contributed by atoms with Crippen molar-refractivity contribution in [1.82, 2.24) is 34.4 Å². The van der Waals surface area contributed by atoms with Crippen LogP contribution in [-0.2, 0) is 4.79 Å². The van der Waals surface area contributed by atoms with Crippen LogP contribution in [0.4, 0.5) is 5.82 Å². The minimum Gasteiger partial charge on any atom is -0.395 e. The fourth-order valence-electron chi connectivity index (χ4n) is 6.14. The SMILES string of the molecule is CC(=O)c1c([C@H]2C[C@H]3CC[C@@H](C2)N3C(=O)C(C)(C)CO)nc2c(-c3ccc(-c4ncc[nH]4)nc3)cnn2c1N. The lowest BCUT2D eigenvalue weighted by atomic mass is 9.83. The van der Waals surface area contributed by atoms with E-state index in [9.17, 15) is 14.7 Å². The van der Waals surface area contributed by atoms with Crippen LogP contribution in [0.1, 0.15) is 68.4 Å². The van der Waals surface area contributed by atoms with Gasteiger partial charge in [-0.1, -0.05) is 6.07 Å². The number of nitrogens with one attached hydrogen (secondary N) is 1. The molecule has 0 aliphatic carbocycles. The van der Waals surface area contributed by atoms with Gasteiger partial charge in [0.2, 0.25) is 5.91 Å². The number of hydrogen-bond donors (Lipinski definition) is 3. The number of aromatic amines is 1. The van der Waals surface area contributed by atoms with Crippen molar-refractivity contribution in [3.8, 4) is 22.6 Å². The summed E-state index contributed by atoms with van der Waals surface area (Å²) in [6.07, 6.45) is 10.0. The molecule has 1 amide bonds. The first-order valence-corrected chi connectivity index (χ1v) is 13.3. The Kier molecular flexibility index (Phi) is 5.98. The van der Waals surface area contributed by atoms with Crippen molar-refractivity contribution in [2.75, 3.05) is 12.3 Å². The predicted octanol–water partition coefficient (Wildman–Crippen LogP) is 3.22. The summed E-state index contributed by atoms with van der Waals surface area (Å²) in [5.41, 5.74) is 9.65. The maximum absolute atomic E-state index is 13.3. The van der Waals surface area contributed by atoms with Crippen LogP contribution in [0, 0.1) is 5.41 Å². The molecule has 4 aromatic rings. The lowest BCUT2D eigenvalue weighted by molar-refractivity contribution is -0.147. The van der Waals surface area contributed by atoms with E-state index in [2.05, 4.69) is 20.1 Å². The molecule has 202 valence electrons. The van der Waals surface area contributed by atoms with E-state index in [1.54, 1.807) is 38.6 Å². The molecule has 39 heavy (non-hydrogen) atoms. The van der Waals surface area contributed by atoms with Gasteiger partial charge in [-0.3, -0.25) is 14.6 Å². The first-order chi connectivity index (χ1) is 18.7. The number of pyridine rings is 1. The number of nitrogens with two attached hydrogens (primary N) is 1. The van der Waals surface area contributed by atoms with Gasteiger partial charge in [-0.05, 0) is 52.5 Å². The van der Waals surface area contributed by atoms with Crippen molar-refractivity contribution < 1.29 is 14.7 Å². The highest BCUT2D eigenvalue weighted by Gasteiger charge is 2.48. The van der Waals surface area contributed by atoms with Gasteiger partial charge in [0, 0.05) is 47.7 Å². The molecule has 11 heteroatoms. The Morgan fingerprint density at radius 3 is 2.49 bits per heavy atom. The number of H-pyrrole nitrogens is 1. The van der Waals surface area contributed by atoms with Gasteiger partial charge in [0.05, 0.1) is 29.5 Å². The highest BCUT2D eigenvalue weighted by Crippen LogP contribution is 2.46. The number of ketones is 1. The number of nitrogens with zero attached hydrogens (tertiary/aromatic N) is 6. The van der Waals surface area contributed by atoms with Crippen LogP contribution >= 0.6 is 0 Å². The molecule has 4 N–H and O–H groups in total. The number of fused-ring (bicyclic) bond motifs is 3. The standard InChI is InChI=1S/C28H32N8O3/c1-15(38)22-23(17-10-18-5-6-19(11-17)35(18)27(39)28(2,3)14-37)34-26-20(13-33-36(26)24(22)29)16-4-7-21(32-12-16)25-30-8-9-31-25/h4,7-9,12-13,17-19,37H,5-6,10-11,14,29H2,1-3H3,(H,30,31)/t17-,18+,19-. The van der Waals surface area contributed by atoms with Gasteiger partial charge in [-0.25, -0.2) is 9.97 Å². The average molecular weight is 529 g/mol. The van der Waals surface area contributed by atoms with Gasteiger partial charge in [-0.15, -0.1) is 0 Å². The molecule has 3 atom stereocenters. The number of carbonyl (C=O) groups is 2. The minimum absolute atomic E-state index is 0.0192. The second kappa shape index (κ2) is 9.26. The second-order valence-electron chi connectivity index (χ2n) is 11.3. The molecule has 2 fully saturated rings. The van der Waals surface area contributed by atoms with E-state index in [4.69, 9.17) is 10.7 Å². The van der Waals surface area contributed by atoms with Crippen LogP contribution < -0.4 is 5.73 Å². The summed E-state index contributed by atoms with van der Waals surface area (Å²) in [5, 5.41) is 14.2. The van der Waals surface area contributed by atoms with Crippen LogP contribution in [0.2, 0.25) is 0 Å². The van der Waals surface area contributed by atoms with Crippen molar-refractivity contribution >= 4 is 23.2 Å². The van der Waals surface area contributed by atoms with Crippen molar-refractivity contribution in [2.45, 2.75) is 64.5 Å². The molecule has 2 aliphatic heterocycles. The first kappa shape index (κ1) is 25.2. The summed E-state index contributed by atoms with van der Waals surface area (Å²) in [6.45, 7) is 4.86. The Labute approximate surface area is 225 Å². The van der Waals surface area contributed by atoms with Crippen LogP contribution in [0.15, 0.2) is 36.9 Å². The Bertz CT molecular complexity index is 1540. The van der Waals surface area contributed by atoms with E-state index in [1.807, 2.05) is 17.0 Å². The largest absolute Gasteiger partial charge is 0.395 e. The van der Waals surface area contributed by atoms with Gasteiger partial charge in [0.15, 0.2) is 17.3 Å². The summed E-state index contributed by atoms with van der Waals surface area (Å²) >= 11 is 0. The molecular weight excluding hydrogens is 496 g/mol. The molecule has 2 bridgehead atoms. The van der Waals surface area contributed by atoms with E-state index >= 15 is 0 Å². The Balaban J connectivity index is 1.39. The number of piperidine rings is 1. The number of anilines is 1. The molecule has 0 spiro atoms. The van der Waals surface area contributed by atoms with Gasteiger partial charge < -0.3 is 20.7 Å². The Morgan fingerprint density at radius 2 is 1.90 bits per heavy atom. The second-order valence-corrected chi connectivity index (χ2v) is 11.3. The number of aromatic nitrogens is 6. The van der Waals surface area contributed by atoms with E-state index in [-0.39, 0.29) is 42.1 Å². The van der Waals surface area contributed by atoms with E-state index in [0.717, 1.165) is 24.0 Å². The quantitative estimate of drug-likeness (QED) is 0.322. The van der Waals surface area contributed by atoms with Crippen molar-refractivity contribution in [2.24, 2.45) is 5.41 Å². The van der Waals surface area contributed by atoms with Crippen molar-refractivity contribution in [3.05, 3.63) is 48.2 Å². The number of carbonyl (C=O) groups excluding carboxylic acids is 2.